The van der Waals surface area contributed by atoms with Gasteiger partial charge in [-0.25, -0.2) is 4.79 Å². The summed E-state index contributed by atoms with van der Waals surface area (Å²) in [7, 11) is 0. The number of urea groups is 1. The van der Waals surface area contributed by atoms with Crippen LogP contribution in [-0.2, 0) is 17.8 Å². The summed E-state index contributed by atoms with van der Waals surface area (Å²) in [5.74, 6) is -0.413. The molecule has 0 saturated carbocycles. The third-order valence-electron chi connectivity index (χ3n) is 4.72. The van der Waals surface area contributed by atoms with Crippen LogP contribution in [0.2, 0.25) is 0 Å². The molecule has 0 fully saturated rings. The van der Waals surface area contributed by atoms with Crippen LogP contribution in [0.4, 0.5) is 16.2 Å². The van der Waals surface area contributed by atoms with Crippen molar-refractivity contribution in [3.05, 3.63) is 59.7 Å². The summed E-state index contributed by atoms with van der Waals surface area (Å²) in [6.07, 6.45) is 0.662. The van der Waals surface area contributed by atoms with Crippen LogP contribution < -0.4 is 15.5 Å². The first-order valence-electron chi connectivity index (χ1n) is 9.71. The van der Waals surface area contributed by atoms with E-state index in [2.05, 4.69) is 16.7 Å². The average molecular weight is 390 g/mol. The fraction of sp³-hybridized carbons (Fsp3) is 0.348. The molecule has 3 rings (SSSR count). The van der Waals surface area contributed by atoms with E-state index in [4.69, 9.17) is 5.26 Å². The molecule has 1 aliphatic rings. The lowest BCUT2D eigenvalue weighted by atomic mass is 9.89. The maximum atomic E-state index is 13.0. The predicted molar refractivity (Wildman–Crippen MR) is 113 cm³/mol. The third-order valence-corrected chi connectivity index (χ3v) is 4.72. The summed E-state index contributed by atoms with van der Waals surface area (Å²) in [6.45, 7) is 6.20. The second-order valence-corrected chi connectivity index (χ2v) is 8.35. The van der Waals surface area contributed by atoms with Gasteiger partial charge in [0.25, 0.3) is 0 Å². The van der Waals surface area contributed by atoms with Gasteiger partial charge in [-0.1, -0.05) is 30.3 Å². The number of carbonyl (C=O) groups excluding carboxylic acids is 2. The van der Waals surface area contributed by atoms with E-state index in [1.165, 1.54) is 0 Å². The molecule has 150 valence electrons. The topological polar surface area (TPSA) is 85.2 Å². The lowest BCUT2D eigenvalue weighted by Gasteiger charge is -2.34. The van der Waals surface area contributed by atoms with Gasteiger partial charge in [-0.2, -0.15) is 5.26 Å². The van der Waals surface area contributed by atoms with Crippen molar-refractivity contribution < 1.29 is 9.59 Å². The molecular formula is C23H26N4O2. The molecule has 2 aromatic rings. The highest BCUT2D eigenvalue weighted by atomic mass is 16.2. The molecular weight excluding hydrogens is 364 g/mol. The zero-order valence-electron chi connectivity index (χ0n) is 17.0. The molecule has 2 N–H and O–H groups in total. The number of nitrogens with one attached hydrogen (secondary N) is 2. The van der Waals surface area contributed by atoms with Gasteiger partial charge >= 0.3 is 6.03 Å². The molecule has 0 aromatic heterocycles. The van der Waals surface area contributed by atoms with Crippen molar-refractivity contribution in [1.29, 1.82) is 5.26 Å². The van der Waals surface area contributed by atoms with Gasteiger partial charge in [0, 0.05) is 23.3 Å². The molecule has 6 nitrogen and oxygen atoms in total. The Labute approximate surface area is 171 Å². The lowest BCUT2D eigenvalue weighted by Crippen LogP contribution is -2.43. The van der Waals surface area contributed by atoms with E-state index in [9.17, 15) is 9.59 Å². The number of carbonyl (C=O) groups is 2. The summed E-state index contributed by atoms with van der Waals surface area (Å²) in [5.41, 5.74) is 3.13. The highest BCUT2D eigenvalue weighted by molar-refractivity contribution is 5.99. The van der Waals surface area contributed by atoms with Crippen LogP contribution in [0, 0.1) is 17.2 Å². The van der Waals surface area contributed by atoms with Crippen molar-refractivity contribution >= 4 is 23.3 Å². The fourth-order valence-electron chi connectivity index (χ4n) is 3.48. The van der Waals surface area contributed by atoms with Crippen molar-refractivity contribution in [3.8, 4) is 6.07 Å². The van der Waals surface area contributed by atoms with Gasteiger partial charge in [0.1, 0.15) is 0 Å². The van der Waals surface area contributed by atoms with Crippen molar-refractivity contribution in [2.75, 3.05) is 10.2 Å². The molecule has 6 heteroatoms. The van der Waals surface area contributed by atoms with Gasteiger partial charge in [0.2, 0.25) is 5.91 Å². The number of amides is 3. The molecule has 3 amide bonds. The Hall–Kier alpha value is -3.33. The molecule has 2 aromatic carbocycles. The minimum Gasteiger partial charge on any atom is -0.333 e. The Balaban J connectivity index is 1.88. The average Bonchev–Trinajstić information content (AvgIpc) is 2.64. The molecule has 1 heterocycles. The van der Waals surface area contributed by atoms with Gasteiger partial charge in [0.15, 0.2) is 0 Å². The monoisotopic (exact) mass is 390 g/mol. The summed E-state index contributed by atoms with van der Waals surface area (Å²) >= 11 is 0. The van der Waals surface area contributed by atoms with Crippen LogP contribution in [0.25, 0.3) is 0 Å². The Morgan fingerprint density at radius 3 is 2.59 bits per heavy atom. The number of rotatable bonds is 4. The first-order chi connectivity index (χ1) is 13.8. The van der Waals surface area contributed by atoms with Crippen molar-refractivity contribution in [1.82, 2.24) is 5.32 Å². The van der Waals surface area contributed by atoms with Crippen LogP contribution in [-0.4, -0.2) is 17.5 Å². The minimum absolute atomic E-state index is 0.0333. The highest BCUT2D eigenvalue weighted by Gasteiger charge is 2.33. The zero-order valence-corrected chi connectivity index (χ0v) is 17.0. The third kappa shape index (κ3) is 5.14. The SMILES string of the molecule is CC(C)(C)NC(=O)Nc1ccc2c(c1)C[C@@H](CC#N)C(=O)N2Cc1ccccc1. The van der Waals surface area contributed by atoms with Crippen LogP contribution in [0.3, 0.4) is 0 Å². The number of fused-ring (bicyclic) bond motifs is 1. The van der Waals surface area contributed by atoms with Gasteiger partial charge in [-0.05, 0) is 56.5 Å². The van der Waals surface area contributed by atoms with E-state index >= 15 is 0 Å². The highest BCUT2D eigenvalue weighted by Crippen LogP contribution is 2.35. The number of nitriles is 1. The number of benzene rings is 2. The van der Waals surface area contributed by atoms with E-state index < -0.39 is 0 Å². The maximum Gasteiger partial charge on any atom is 0.319 e. The van der Waals surface area contributed by atoms with Crippen LogP contribution in [0.5, 0.6) is 0 Å². The molecule has 29 heavy (non-hydrogen) atoms. The Morgan fingerprint density at radius 1 is 1.21 bits per heavy atom. The van der Waals surface area contributed by atoms with E-state index in [1.807, 2.05) is 63.2 Å². The minimum atomic E-state index is -0.380. The van der Waals surface area contributed by atoms with Crippen molar-refractivity contribution in [3.63, 3.8) is 0 Å². The second-order valence-electron chi connectivity index (χ2n) is 8.35. The number of hydrogen-bond donors (Lipinski definition) is 2. The fourth-order valence-corrected chi connectivity index (χ4v) is 3.48. The molecule has 0 unspecified atom stereocenters. The first kappa shape index (κ1) is 20.4. The van der Waals surface area contributed by atoms with Gasteiger partial charge in [-0.15, -0.1) is 0 Å². The predicted octanol–water partition coefficient (Wildman–Crippen LogP) is 4.23. The lowest BCUT2D eigenvalue weighted by molar-refractivity contribution is -0.122. The Morgan fingerprint density at radius 2 is 1.93 bits per heavy atom. The quantitative estimate of drug-likeness (QED) is 0.819. The van der Waals surface area contributed by atoms with Crippen LogP contribution in [0.15, 0.2) is 48.5 Å². The summed E-state index contributed by atoms with van der Waals surface area (Å²) < 4.78 is 0. The number of hydrogen-bond acceptors (Lipinski definition) is 3. The van der Waals surface area contributed by atoms with E-state index in [0.29, 0.717) is 18.7 Å². The zero-order chi connectivity index (χ0) is 21.0. The standard InChI is InChI=1S/C23H26N4O2/c1-23(2,3)26-22(29)25-19-9-10-20-18(14-19)13-17(11-12-24)21(28)27(20)15-16-7-5-4-6-8-16/h4-10,14,17H,11,13,15H2,1-3H3,(H2,25,26,29)/t17-/m1/s1. The second kappa shape index (κ2) is 8.36. The van der Waals surface area contributed by atoms with E-state index in [1.54, 1.807) is 11.0 Å². The van der Waals surface area contributed by atoms with Crippen molar-refractivity contribution in [2.45, 2.75) is 45.7 Å². The summed E-state index contributed by atoms with van der Waals surface area (Å²) in [5, 5.41) is 14.9. The van der Waals surface area contributed by atoms with Gasteiger partial charge in [-0.3, -0.25) is 4.79 Å². The maximum absolute atomic E-state index is 13.0. The molecule has 0 spiro atoms. The molecule has 1 aliphatic heterocycles. The van der Waals surface area contributed by atoms with E-state index in [0.717, 1.165) is 16.8 Å². The molecule has 0 saturated heterocycles. The first-order valence-corrected chi connectivity index (χ1v) is 9.71. The molecule has 0 radical (unpaired) electrons. The molecule has 0 bridgehead atoms. The number of nitrogens with zero attached hydrogens (tertiary/aromatic N) is 2. The normalized spacial score (nSPS) is 16.0. The summed E-state index contributed by atoms with van der Waals surface area (Å²) in [6, 6.07) is 17.2. The smallest absolute Gasteiger partial charge is 0.319 e. The van der Waals surface area contributed by atoms with Crippen LogP contribution in [0.1, 0.15) is 38.3 Å². The van der Waals surface area contributed by atoms with Crippen LogP contribution >= 0.6 is 0 Å². The van der Waals surface area contributed by atoms with Gasteiger partial charge < -0.3 is 15.5 Å². The Kier molecular flexibility index (Phi) is 5.88. The number of anilines is 2. The van der Waals surface area contributed by atoms with Gasteiger partial charge in [0.05, 0.1) is 18.5 Å². The van der Waals surface area contributed by atoms with Crippen molar-refractivity contribution in [2.24, 2.45) is 5.92 Å². The molecule has 1 atom stereocenters. The largest absolute Gasteiger partial charge is 0.333 e. The molecule has 0 aliphatic carbocycles. The Bertz CT molecular complexity index is 942. The van der Waals surface area contributed by atoms with E-state index in [-0.39, 0.29) is 29.8 Å². The summed E-state index contributed by atoms with van der Waals surface area (Å²) in [4.78, 5) is 26.9.